The van der Waals surface area contributed by atoms with Gasteiger partial charge in [-0.05, 0) is 32.1 Å². The molecule has 1 aliphatic carbocycles. The van der Waals surface area contributed by atoms with E-state index in [9.17, 15) is 0 Å². The van der Waals surface area contributed by atoms with E-state index in [1.165, 1.54) is 25.7 Å². The van der Waals surface area contributed by atoms with Crippen LogP contribution in [0.25, 0.3) is 0 Å². The van der Waals surface area contributed by atoms with Gasteiger partial charge >= 0.3 is 0 Å². The van der Waals surface area contributed by atoms with Gasteiger partial charge in [0.05, 0.1) is 0 Å². The maximum atomic E-state index is 2.25. The summed E-state index contributed by atoms with van der Waals surface area (Å²) in [7, 11) is 0. The second-order valence-electron chi connectivity index (χ2n) is 3.23. The lowest BCUT2D eigenvalue weighted by molar-refractivity contribution is 0.762. The van der Waals surface area contributed by atoms with Crippen molar-refractivity contribution in [1.82, 2.24) is 0 Å². The van der Waals surface area contributed by atoms with E-state index in [2.05, 4.69) is 48.6 Å². The molecule has 0 saturated heterocycles. The molecule has 0 aliphatic heterocycles. The molecule has 70 valence electrons. The number of hydrogen-bond acceptors (Lipinski definition) is 0. The molecule has 0 radical (unpaired) electrons. The molecular weight excluding hydrogens is 156 g/mol. The maximum absolute atomic E-state index is 2.25. The average molecular weight is 174 g/mol. The summed E-state index contributed by atoms with van der Waals surface area (Å²) in [5.41, 5.74) is 0. The van der Waals surface area contributed by atoms with Gasteiger partial charge in [-0.2, -0.15) is 0 Å². The predicted octanol–water partition coefficient (Wildman–Crippen LogP) is 4.18. The third kappa shape index (κ3) is 6.15. The fourth-order valence-electron chi connectivity index (χ4n) is 1.27. The number of allylic oxidation sites excluding steroid dienone is 8. The van der Waals surface area contributed by atoms with Gasteiger partial charge in [-0.1, -0.05) is 48.6 Å². The molecule has 1 aliphatic rings. The Kier molecular flexibility index (Phi) is 5.87. The number of rotatable bonds is 0. The van der Waals surface area contributed by atoms with Crippen molar-refractivity contribution in [2.24, 2.45) is 0 Å². The molecule has 0 fully saturated rings. The smallest absolute Gasteiger partial charge is 0.0163 e. The molecular formula is C13H18. The highest BCUT2D eigenvalue weighted by atomic mass is 13.9. The first-order valence-electron chi connectivity index (χ1n) is 5.13. The van der Waals surface area contributed by atoms with Crippen LogP contribution in [-0.4, -0.2) is 0 Å². The largest absolute Gasteiger partial charge is 0.0845 e. The lowest BCUT2D eigenvalue weighted by Crippen LogP contribution is -1.71. The van der Waals surface area contributed by atoms with Crippen molar-refractivity contribution < 1.29 is 0 Å². The third-order valence-corrected chi connectivity index (χ3v) is 2.03. The van der Waals surface area contributed by atoms with Gasteiger partial charge in [0.1, 0.15) is 0 Å². The van der Waals surface area contributed by atoms with E-state index >= 15 is 0 Å². The SMILES string of the molecule is C1=C\CCCC/C=C\C=C\C/C=C/1. The summed E-state index contributed by atoms with van der Waals surface area (Å²) in [6, 6.07) is 0. The van der Waals surface area contributed by atoms with Gasteiger partial charge in [0, 0.05) is 0 Å². The minimum atomic E-state index is 1.04. The van der Waals surface area contributed by atoms with Crippen LogP contribution in [0.1, 0.15) is 32.1 Å². The van der Waals surface area contributed by atoms with Crippen molar-refractivity contribution in [3.05, 3.63) is 48.6 Å². The molecule has 0 N–H and O–H groups in total. The van der Waals surface area contributed by atoms with Crippen LogP contribution < -0.4 is 0 Å². The Morgan fingerprint density at radius 1 is 0.538 bits per heavy atom. The molecule has 0 atom stereocenters. The van der Waals surface area contributed by atoms with Crippen LogP contribution in [0.5, 0.6) is 0 Å². The first-order valence-corrected chi connectivity index (χ1v) is 5.13. The summed E-state index contributed by atoms with van der Waals surface area (Å²) >= 11 is 0. The van der Waals surface area contributed by atoms with Gasteiger partial charge in [0.15, 0.2) is 0 Å². The lowest BCUT2D eigenvalue weighted by atomic mass is 10.2. The van der Waals surface area contributed by atoms with Crippen molar-refractivity contribution in [2.45, 2.75) is 32.1 Å². The fraction of sp³-hybridized carbons (Fsp3) is 0.385. The normalized spacial score (nSPS) is 28.9. The van der Waals surface area contributed by atoms with Crippen LogP contribution in [0.15, 0.2) is 48.6 Å². The Labute approximate surface area is 81.4 Å². The molecule has 0 aromatic rings. The highest BCUT2D eigenvalue weighted by Gasteiger charge is 1.82. The van der Waals surface area contributed by atoms with Gasteiger partial charge < -0.3 is 0 Å². The highest BCUT2D eigenvalue weighted by Crippen LogP contribution is 2.02. The van der Waals surface area contributed by atoms with E-state index in [1.54, 1.807) is 0 Å². The Morgan fingerprint density at radius 3 is 1.54 bits per heavy atom. The standard InChI is InChI=1S/C13H18/c1-2-4-6-8-10-12-13-11-9-7-5-3-1/h1-4,7,9,11,13H,5-6,8,10,12H2/b3-1+,4-2-,9-7+,13-11-. The van der Waals surface area contributed by atoms with Crippen LogP contribution in [0.3, 0.4) is 0 Å². The summed E-state index contributed by atoms with van der Waals surface area (Å²) in [5, 5.41) is 0. The van der Waals surface area contributed by atoms with Crippen LogP contribution >= 0.6 is 0 Å². The monoisotopic (exact) mass is 174 g/mol. The van der Waals surface area contributed by atoms with Crippen molar-refractivity contribution in [3.8, 4) is 0 Å². The van der Waals surface area contributed by atoms with Gasteiger partial charge in [0.2, 0.25) is 0 Å². The molecule has 0 nitrogen and oxygen atoms in total. The Hall–Kier alpha value is -1.04. The molecule has 0 amide bonds. The lowest BCUT2D eigenvalue weighted by Gasteiger charge is -1.91. The number of hydrogen-bond donors (Lipinski definition) is 0. The molecule has 0 heteroatoms. The van der Waals surface area contributed by atoms with E-state index in [-0.39, 0.29) is 0 Å². The third-order valence-electron chi connectivity index (χ3n) is 2.03. The molecule has 0 spiro atoms. The van der Waals surface area contributed by atoms with Gasteiger partial charge in [-0.25, -0.2) is 0 Å². The first-order chi connectivity index (χ1) is 6.50. The molecule has 1 rings (SSSR count). The Morgan fingerprint density at radius 2 is 1.00 bits per heavy atom. The van der Waals surface area contributed by atoms with Crippen LogP contribution in [0.2, 0.25) is 0 Å². The molecule has 0 heterocycles. The Bertz CT molecular complexity index is 192. The summed E-state index contributed by atoms with van der Waals surface area (Å²) in [5.74, 6) is 0. The molecule has 0 saturated carbocycles. The van der Waals surface area contributed by atoms with Gasteiger partial charge in [-0.3, -0.25) is 0 Å². The van der Waals surface area contributed by atoms with Crippen LogP contribution in [-0.2, 0) is 0 Å². The zero-order valence-corrected chi connectivity index (χ0v) is 8.15. The quantitative estimate of drug-likeness (QED) is 0.517. The second-order valence-corrected chi connectivity index (χ2v) is 3.23. The minimum Gasteiger partial charge on any atom is -0.0845 e. The van der Waals surface area contributed by atoms with Crippen molar-refractivity contribution in [1.29, 1.82) is 0 Å². The second kappa shape index (κ2) is 7.60. The molecule has 0 unspecified atom stereocenters. The van der Waals surface area contributed by atoms with E-state index in [0.29, 0.717) is 0 Å². The average Bonchev–Trinajstić information content (AvgIpc) is 2.18. The summed E-state index contributed by atoms with van der Waals surface area (Å²) in [6.45, 7) is 0. The van der Waals surface area contributed by atoms with E-state index in [1.807, 2.05) is 0 Å². The van der Waals surface area contributed by atoms with E-state index in [0.717, 1.165) is 6.42 Å². The van der Waals surface area contributed by atoms with Gasteiger partial charge in [0.25, 0.3) is 0 Å². The summed E-state index contributed by atoms with van der Waals surface area (Å²) < 4.78 is 0. The predicted molar refractivity (Wildman–Crippen MR) is 59.6 cm³/mol. The highest BCUT2D eigenvalue weighted by molar-refractivity contribution is 5.08. The van der Waals surface area contributed by atoms with E-state index < -0.39 is 0 Å². The van der Waals surface area contributed by atoms with Crippen LogP contribution in [0, 0.1) is 0 Å². The van der Waals surface area contributed by atoms with Crippen LogP contribution in [0.4, 0.5) is 0 Å². The summed E-state index contributed by atoms with van der Waals surface area (Å²) in [4.78, 5) is 0. The summed E-state index contributed by atoms with van der Waals surface area (Å²) in [6.07, 6.45) is 23.5. The topological polar surface area (TPSA) is 0 Å². The first kappa shape index (κ1) is 10.0. The van der Waals surface area contributed by atoms with E-state index in [4.69, 9.17) is 0 Å². The van der Waals surface area contributed by atoms with Crippen molar-refractivity contribution in [2.75, 3.05) is 0 Å². The minimum absolute atomic E-state index is 1.04. The molecule has 13 heavy (non-hydrogen) atoms. The maximum Gasteiger partial charge on any atom is -0.0163 e. The van der Waals surface area contributed by atoms with Gasteiger partial charge in [-0.15, -0.1) is 0 Å². The molecule has 0 aromatic heterocycles. The molecule has 0 aromatic carbocycles. The molecule has 0 bridgehead atoms. The van der Waals surface area contributed by atoms with Crippen molar-refractivity contribution >= 4 is 0 Å². The fourth-order valence-corrected chi connectivity index (χ4v) is 1.27. The zero-order chi connectivity index (χ0) is 9.19. The zero-order valence-electron chi connectivity index (χ0n) is 8.15. The van der Waals surface area contributed by atoms with Crippen molar-refractivity contribution in [3.63, 3.8) is 0 Å². The Balaban J connectivity index is 2.38.